The van der Waals surface area contributed by atoms with E-state index in [1.54, 1.807) is 13.4 Å². The molecule has 6 heteroatoms. The van der Waals surface area contributed by atoms with Crippen LogP contribution in [0.4, 0.5) is 17.3 Å². The van der Waals surface area contributed by atoms with E-state index in [9.17, 15) is 0 Å². The Morgan fingerprint density at radius 3 is 3.00 bits per heavy atom. The van der Waals surface area contributed by atoms with Crippen LogP contribution in [0.1, 0.15) is 12.8 Å². The average Bonchev–Trinajstić information content (AvgIpc) is 3.07. The molecule has 1 aromatic carbocycles. The molecule has 22 heavy (non-hydrogen) atoms. The minimum atomic E-state index is 0.282. The van der Waals surface area contributed by atoms with Crippen molar-refractivity contribution in [3.05, 3.63) is 36.7 Å². The zero-order chi connectivity index (χ0) is 15.2. The number of anilines is 3. The van der Waals surface area contributed by atoms with Crippen LogP contribution in [0.15, 0.2) is 36.7 Å². The average molecular weight is 300 g/mol. The molecule has 1 aliphatic rings. The summed E-state index contributed by atoms with van der Waals surface area (Å²) in [6.07, 6.45) is 4.07. The highest BCUT2D eigenvalue weighted by atomic mass is 16.5. The topological polar surface area (TPSA) is 68.3 Å². The van der Waals surface area contributed by atoms with E-state index >= 15 is 0 Å². The van der Waals surface area contributed by atoms with E-state index < -0.39 is 0 Å². The summed E-state index contributed by atoms with van der Waals surface area (Å²) in [7, 11) is 1.65. The molecule has 1 fully saturated rings. The molecule has 2 N–H and O–H groups in total. The van der Waals surface area contributed by atoms with E-state index in [1.165, 1.54) is 0 Å². The van der Waals surface area contributed by atoms with Gasteiger partial charge in [0.25, 0.3) is 0 Å². The maximum atomic E-state index is 5.59. The molecule has 0 bridgehead atoms. The molecule has 0 saturated carbocycles. The van der Waals surface area contributed by atoms with Gasteiger partial charge in [-0.1, -0.05) is 6.07 Å². The predicted molar refractivity (Wildman–Crippen MR) is 85.8 cm³/mol. The van der Waals surface area contributed by atoms with Gasteiger partial charge >= 0.3 is 0 Å². The maximum Gasteiger partial charge on any atom is 0.135 e. The van der Waals surface area contributed by atoms with E-state index in [4.69, 9.17) is 9.47 Å². The second-order valence-electron chi connectivity index (χ2n) is 5.16. The van der Waals surface area contributed by atoms with Gasteiger partial charge in [0, 0.05) is 31.0 Å². The molecule has 2 heterocycles. The fraction of sp³-hybridized carbons (Fsp3) is 0.375. The molecular weight excluding hydrogens is 280 g/mol. The lowest BCUT2D eigenvalue weighted by Gasteiger charge is -2.12. The summed E-state index contributed by atoms with van der Waals surface area (Å²) in [5, 5.41) is 6.54. The van der Waals surface area contributed by atoms with Gasteiger partial charge in [-0.05, 0) is 25.0 Å². The Morgan fingerprint density at radius 1 is 1.27 bits per heavy atom. The lowest BCUT2D eigenvalue weighted by atomic mass is 10.2. The zero-order valence-corrected chi connectivity index (χ0v) is 12.6. The minimum Gasteiger partial charge on any atom is -0.497 e. The van der Waals surface area contributed by atoms with Gasteiger partial charge in [-0.2, -0.15) is 0 Å². The summed E-state index contributed by atoms with van der Waals surface area (Å²) in [6.45, 7) is 1.63. The summed E-state index contributed by atoms with van der Waals surface area (Å²) < 4.78 is 10.8. The van der Waals surface area contributed by atoms with Crippen LogP contribution < -0.4 is 15.4 Å². The molecule has 0 amide bonds. The van der Waals surface area contributed by atoms with Crippen LogP contribution in [-0.4, -0.2) is 36.3 Å². The van der Waals surface area contributed by atoms with Crippen molar-refractivity contribution >= 4 is 17.3 Å². The normalized spacial score (nSPS) is 17.2. The van der Waals surface area contributed by atoms with Gasteiger partial charge in [-0.25, -0.2) is 9.97 Å². The molecule has 1 aromatic heterocycles. The molecule has 3 rings (SSSR count). The first-order valence-corrected chi connectivity index (χ1v) is 7.42. The van der Waals surface area contributed by atoms with Gasteiger partial charge in [-0.3, -0.25) is 0 Å². The van der Waals surface area contributed by atoms with Crippen LogP contribution >= 0.6 is 0 Å². The molecule has 0 radical (unpaired) electrons. The van der Waals surface area contributed by atoms with Crippen molar-refractivity contribution in [3.63, 3.8) is 0 Å². The SMILES string of the molecule is COc1cccc(Nc2cc(NCC3CCCO3)ncn2)c1. The fourth-order valence-corrected chi connectivity index (χ4v) is 2.39. The van der Waals surface area contributed by atoms with E-state index in [2.05, 4.69) is 20.6 Å². The standard InChI is InChI=1S/C16H20N4O2/c1-21-13-5-2-4-12(8-13)20-16-9-15(18-11-19-16)17-10-14-6-3-7-22-14/h2,4-5,8-9,11,14H,3,6-7,10H2,1H3,(H2,17,18,19,20). The third kappa shape index (κ3) is 3.85. The molecular formula is C16H20N4O2. The summed E-state index contributed by atoms with van der Waals surface area (Å²) in [4.78, 5) is 8.47. The van der Waals surface area contributed by atoms with Crippen LogP contribution in [0.3, 0.4) is 0 Å². The number of benzene rings is 1. The lowest BCUT2D eigenvalue weighted by molar-refractivity contribution is 0.120. The third-order valence-electron chi connectivity index (χ3n) is 3.54. The Balaban J connectivity index is 1.62. The monoisotopic (exact) mass is 300 g/mol. The van der Waals surface area contributed by atoms with Crippen molar-refractivity contribution in [1.82, 2.24) is 9.97 Å². The molecule has 1 saturated heterocycles. The van der Waals surface area contributed by atoms with Gasteiger partial charge in [0.1, 0.15) is 23.7 Å². The fourth-order valence-electron chi connectivity index (χ4n) is 2.39. The molecule has 1 unspecified atom stereocenters. The highest BCUT2D eigenvalue weighted by Gasteiger charge is 2.15. The summed E-state index contributed by atoms with van der Waals surface area (Å²) in [5.74, 6) is 2.32. The predicted octanol–water partition coefficient (Wildman–Crippen LogP) is 2.82. The van der Waals surface area contributed by atoms with Crippen molar-refractivity contribution < 1.29 is 9.47 Å². The first-order chi connectivity index (χ1) is 10.8. The number of methoxy groups -OCH3 is 1. The lowest BCUT2D eigenvalue weighted by Crippen LogP contribution is -2.19. The van der Waals surface area contributed by atoms with Gasteiger partial charge in [-0.15, -0.1) is 0 Å². The number of rotatable bonds is 6. The Hall–Kier alpha value is -2.34. The zero-order valence-electron chi connectivity index (χ0n) is 12.6. The van der Waals surface area contributed by atoms with Crippen molar-refractivity contribution in [1.29, 1.82) is 0 Å². The number of aromatic nitrogens is 2. The second kappa shape index (κ2) is 7.09. The van der Waals surface area contributed by atoms with E-state index in [1.807, 2.05) is 30.3 Å². The van der Waals surface area contributed by atoms with Gasteiger partial charge in [0.2, 0.25) is 0 Å². The minimum absolute atomic E-state index is 0.282. The third-order valence-corrected chi connectivity index (χ3v) is 3.54. The van der Waals surface area contributed by atoms with Gasteiger partial charge in [0.15, 0.2) is 0 Å². The summed E-state index contributed by atoms with van der Waals surface area (Å²) in [5.41, 5.74) is 0.920. The Labute approximate surface area is 129 Å². The van der Waals surface area contributed by atoms with Gasteiger partial charge < -0.3 is 20.1 Å². The molecule has 116 valence electrons. The van der Waals surface area contributed by atoms with E-state index in [0.29, 0.717) is 0 Å². The number of nitrogens with zero attached hydrogens (tertiary/aromatic N) is 2. The van der Waals surface area contributed by atoms with Gasteiger partial charge in [0.05, 0.1) is 13.2 Å². The van der Waals surface area contributed by atoms with Crippen molar-refractivity contribution in [2.75, 3.05) is 30.9 Å². The van der Waals surface area contributed by atoms with E-state index in [0.717, 1.165) is 49.1 Å². The van der Waals surface area contributed by atoms with Crippen LogP contribution in [0, 0.1) is 0 Å². The van der Waals surface area contributed by atoms with Crippen LogP contribution in [0.25, 0.3) is 0 Å². The molecule has 1 atom stereocenters. The second-order valence-corrected chi connectivity index (χ2v) is 5.16. The highest BCUT2D eigenvalue weighted by molar-refractivity contribution is 5.60. The molecule has 6 nitrogen and oxygen atoms in total. The maximum absolute atomic E-state index is 5.59. The Bertz CT molecular complexity index is 615. The van der Waals surface area contributed by atoms with Crippen LogP contribution in [0.2, 0.25) is 0 Å². The Morgan fingerprint density at radius 2 is 2.18 bits per heavy atom. The van der Waals surface area contributed by atoms with Crippen molar-refractivity contribution in [2.45, 2.75) is 18.9 Å². The molecule has 1 aliphatic heterocycles. The first kappa shape index (κ1) is 14.6. The molecule has 2 aromatic rings. The summed E-state index contributed by atoms with van der Waals surface area (Å²) >= 11 is 0. The smallest absolute Gasteiger partial charge is 0.135 e. The number of nitrogens with one attached hydrogen (secondary N) is 2. The van der Waals surface area contributed by atoms with Crippen molar-refractivity contribution in [3.8, 4) is 5.75 Å². The first-order valence-electron chi connectivity index (χ1n) is 7.42. The number of ether oxygens (including phenoxy) is 2. The Kier molecular flexibility index (Phi) is 4.70. The number of hydrogen-bond donors (Lipinski definition) is 2. The summed E-state index contributed by atoms with van der Waals surface area (Å²) in [6, 6.07) is 9.60. The van der Waals surface area contributed by atoms with Crippen LogP contribution in [-0.2, 0) is 4.74 Å². The van der Waals surface area contributed by atoms with Crippen LogP contribution in [0.5, 0.6) is 5.75 Å². The largest absolute Gasteiger partial charge is 0.497 e. The van der Waals surface area contributed by atoms with Crippen molar-refractivity contribution in [2.24, 2.45) is 0 Å². The molecule has 0 spiro atoms. The highest BCUT2D eigenvalue weighted by Crippen LogP contribution is 2.21. The quantitative estimate of drug-likeness (QED) is 0.855. The molecule has 0 aliphatic carbocycles. The number of hydrogen-bond acceptors (Lipinski definition) is 6. The van der Waals surface area contributed by atoms with E-state index in [-0.39, 0.29) is 6.10 Å².